The van der Waals surface area contributed by atoms with Gasteiger partial charge in [-0.2, -0.15) is 5.21 Å². The summed E-state index contributed by atoms with van der Waals surface area (Å²) in [4.78, 5) is 17.3. The smallest absolute Gasteiger partial charge is 0.414 e. The largest absolute Gasteiger partial charge is 0.441 e. The van der Waals surface area contributed by atoms with Crippen molar-refractivity contribution in [1.29, 1.82) is 0 Å². The SMILES string of the molecule is O=C1OC(CO)CN1c1ccc(-c2ccc(-c3nn[nH]n3)nc2)c(F)c1. The number of cyclic esters (lactones) is 1. The minimum Gasteiger partial charge on any atom is -0.441 e. The lowest BCUT2D eigenvalue weighted by atomic mass is 10.1. The Morgan fingerprint density at radius 3 is 2.85 bits per heavy atom. The van der Waals surface area contributed by atoms with Crippen molar-refractivity contribution in [2.75, 3.05) is 18.1 Å². The van der Waals surface area contributed by atoms with E-state index in [0.29, 0.717) is 28.3 Å². The van der Waals surface area contributed by atoms with Crippen molar-refractivity contribution in [2.45, 2.75) is 6.10 Å². The maximum atomic E-state index is 14.6. The van der Waals surface area contributed by atoms with Gasteiger partial charge in [0.1, 0.15) is 17.6 Å². The van der Waals surface area contributed by atoms with Crippen LogP contribution < -0.4 is 4.90 Å². The predicted octanol–water partition coefficient (Wildman–Crippen LogP) is 1.39. The Kier molecular flexibility index (Phi) is 4.01. The molecule has 1 unspecified atom stereocenters. The van der Waals surface area contributed by atoms with Crippen LogP contribution in [-0.2, 0) is 4.74 Å². The summed E-state index contributed by atoms with van der Waals surface area (Å²) in [5.74, 6) is -0.157. The van der Waals surface area contributed by atoms with E-state index in [1.165, 1.54) is 17.2 Å². The molecule has 1 aliphatic heterocycles. The number of nitrogens with zero attached hydrogens (tertiary/aromatic N) is 5. The molecule has 3 aromatic rings. The van der Waals surface area contributed by atoms with Gasteiger partial charge in [0.25, 0.3) is 0 Å². The number of nitrogens with one attached hydrogen (secondary N) is 1. The Morgan fingerprint density at radius 2 is 2.23 bits per heavy atom. The molecule has 0 aliphatic carbocycles. The first kappa shape index (κ1) is 16.1. The third kappa shape index (κ3) is 2.86. The van der Waals surface area contributed by atoms with Crippen molar-refractivity contribution in [2.24, 2.45) is 0 Å². The standard InChI is InChI=1S/C16H13FN6O3/c17-13-5-10(23-7-11(8-24)26-16(23)25)2-3-12(13)9-1-4-14(18-6-9)15-19-21-22-20-15/h1-6,11,24H,7-8H2,(H,19,20,21,22). The fraction of sp³-hybridized carbons (Fsp3) is 0.188. The van der Waals surface area contributed by atoms with E-state index in [4.69, 9.17) is 9.84 Å². The number of tetrazole rings is 1. The first-order valence-corrected chi connectivity index (χ1v) is 7.74. The van der Waals surface area contributed by atoms with Gasteiger partial charge in [0.05, 0.1) is 18.8 Å². The number of halogens is 1. The van der Waals surface area contributed by atoms with Crippen LogP contribution in [0.5, 0.6) is 0 Å². The number of aliphatic hydroxyl groups excluding tert-OH is 1. The van der Waals surface area contributed by atoms with Crippen LogP contribution in [0.4, 0.5) is 14.9 Å². The Morgan fingerprint density at radius 1 is 1.35 bits per heavy atom. The van der Waals surface area contributed by atoms with Crippen LogP contribution in [0.25, 0.3) is 22.6 Å². The van der Waals surface area contributed by atoms with Gasteiger partial charge in [-0.25, -0.2) is 9.18 Å². The van der Waals surface area contributed by atoms with Gasteiger partial charge in [-0.1, -0.05) is 6.07 Å². The number of carbonyl (C=O) groups is 1. The van der Waals surface area contributed by atoms with Crippen LogP contribution in [0.15, 0.2) is 36.5 Å². The van der Waals surface area contributed by atoms with Crippen molar-refractivity contribution in [3.05, 3.63) is 42.3 Å². The lowest BCUT2D eigenvalue weighted by molar-refractivity contribution is 0.0963. The van der Waals surface area contributed by atoms with E-state index in [0.717, 1.165) is 0 Å². The van der Waals surface area contributed by atoms with Gasteiger partial charge in [0, 0.05) is 17.3 Å². The summed E-state index contributed by atoms with van der Waals surface area (Å²) in [5.41, 5.74) is 1.78. The maximum absolute atomic E-state index is 14.6. The molecule has 1 atom stereocenters. The molecule has 1 aliphatic rings. The average molecular weight is 356 g/mol. The zero-order chi connectivity index (χ0) is 18.1. The van der Waals surface area contributed by atoms with Gasteiger partial charge in [0.15, 0.2) is 0 Å². The first-order valence-electron chi connectivity index (χ1n) is 7.74. The highest BCUT2D eigenvalue weighted by molar-refractivity contribution is 5.90. The summed E-state index contributed by atoms with van der Waals surface area (Å²) in [6.45, 7) is -0.101. The number of aromatic amines is 1. The molecular weight excluding hydrogens is 343 g/mol. The zero-order valence-corrected chi connectivity index (χ0v) is 13.3. The second kappa shape index (κ2) is 6.48. The molecule has 0 saturated carbocycles. The van der Waals surface area contributed by atoms with Crippen LogP contribution in [-0.4, -0.2) is 56.1 Å². The van der Waals surface area contributed by atoms with Gasteiger partial charge in [-0.3, -0.25) is 9.88 Å². The molecule has 0 spiro atoms. The summed E-state index contributed by atoms with van der Waals surface area (Å²) in [6.07, 6.45) is 0.296. The Balaban J connectivity index is 1.59. The third-order valence-electron chi connectivity index (χ3n) is 3.99. The van der Waals surface area contributed by atoms with Gasteiger partial charge in [-0.15, -0.1) is 10.2 Å². The van der Waals surface area contributed by atoms with E-state index in [9.17, 15) is 9.18 Å². The number of amides is 1. The number of hydrogen-bond donors (Lipinski definition) is 2. The van der Waals surface area contributed by atoms with E-state index in [-0.39, 0.29) is 13.2 Å². The molecule has 3 heterocycles. The van der Waals surface area contributed by atoms with Gasteiger partial charge in [0.2, 0.25) is 5.82 Å². The molecule has 9 nitrogen and oxygen atoms in total. The topological polar surface area (TPSA) is 117 Å². The van der Waals surface area contributed by atoms with E-state index < -0.39 is 18.0 Å². The number of aliphatic hydroxyl groups is 1. The number of rotatable bonds is 4. The summed E-state index contributed by atoms with van der Waals surface area (Å²) in [6, 6.07) is 7.80. The number of benzene rings is 1. The second-order valence-corrected chi connectivity index (χ2v) is 5.63. The summed E-state index contributed by atoms with van der Waals surface area (Å²) < 4.78 is 19.5. The molecule has 4 rings (SSSR count). The lowest BCUT2D eigenvalue weighted by Gasteiger charge is -2.14. The van der Waals surface area contributed by atoms with Crippen molar-refractivity contribution in [1.82, 2.24) is 25.6 Å². The minimum absolute atomic E-state index is 0.176. The highest BCUT2D eigenvalue weighted by Gasteiger charge is 2.32. The molecule has 2 aromatic heterocycles. The first-order chi connectivity index (χ1) is 12.7. The van der Waals surface area contributed by atoms with Crippen LogP contribution in [0.1, 0.15) is 0 Å². The van der Waals surface area contributed by atoms with Crippen molar-refractivity contribution >= 4 is 11.8 Å². The van der Waals surface area contributed by atoms with E-state index >= 15 is 0 Å². The lowest BCUT2D eigenvalue weighted by Crippen LogP contribution is -2.25. The normalized spacial score (nSPS) is 16.8. The quantitative estimate of drug-likeness (QED) is 0.725. The van der Waals surface area contributed by atoms with Crippen LogP contribution in [0.3, 0.4) is 0 Å². The van der Waals surface area contributed by atoms with Crippen molar-refractivity contribution in [3.63, 3.8) is 0 Å². The average Bonchev–Trinajstić information content (AvgIpc) is 3.31. The van der Waals surface area contributed by atoms with Crippen LogP contribution >= 0.6 is 0 Å². The molecule has 1 saturated heterocycles. The zero-order valence-electron chi connectivity index (χ0n) is 13.3. The van der Waals surface area contributed by atoms with E-state index in [1.54, 1.807) is 24.3 Å². The fourth-order valence-corrected chi connectivity index (χ4v) is 2.69. The molecule has 0 radical (unpaired) electrons. The van der Waals surface area contributed by atoms with Gasteiger partial charge >= 0.3 is 6.09 Å². The molecule has 26 heavy (non-hydrogen) atoms. The number of ether oxygens (including phenoxy) is 1. The minimum atomic E-state index is -0.609. The number of H-pyrrole nitrogens is 1. The van der Waals surface area contributed by atoms with Gasteiger partial charge < -0.3 is 9.84 Å². The second-order valence-electron chi connectivity index (χ2n) is 5.63. The highest BCUT2D eigenvalue weighted by Crippen LogP contribution is 2.29. The molecule has 10 heteroatoms. The highest BCUT2D eigenvalue weighted by atomic mass is 19.1. The Bertz CT molecular complexity index is 932. The van der Waals surface area contributed by atoms with E-state index in [2.05, 4.69) is 25.6 Å². The number of carbonyl (C=O) groups excluding carboxylic acids is 1. The maximum Gasteiger partial charge on any atom is 0.414 e. The molecule has 0 bridgehead atoms. The van der Waals surface area contributed by atoms with E-state index in [1.807, 2.05) is 0 Å². The summed E-state index contributed by atoms with van der Waals surface area (Å²) >= 11 is 0. The molecule has 132 valence electrons. The molecule has 1 fully saturated rings. The van der Waals surface area contributed by atoms with Gasteiger partial charge in [-0.05, 0) is 29.5 Å². The molecule has 1 aromatic carbocycles. The monoisotopic (exact) mass is 356 g/mol. The Labute approximate surface area is 146 Å². The summed E-state index contributed by atoms with van der Waals surface area (Å²) in [7, 11) is 0. The molecule has 2 N–H and O–H groups in total. The van der Waals surface area contributed by atoms with Crippen molar-refractivity contribution in [3.8, 4) is 22.6 Å². The van der Waals surface area contributed by atoms with Crippen molar-refractivity contribution < 1.29 is 19.0 Å². The Hall–Kier alpha value is -3.40. The van der Waals surface area contributed by atoms with Crippen LogP contribution in [0.2, 0.25) is 0 Å². The predicted molar refractivity (Wildman–Crippen MR) is 87.5 cm³/mol. The molecule has 1 amide bonds. The molecular formula is C16H13FN6O3. The van der Waals surface area contributed by atoms with Crippen LogP contribution in [0, 0.1) is 5.82 Å². The number of anilines is 1. The third-order valence-corrected chi connectivity index (χ3v) is 3.99. The summed E-state index contributed by atoms with van der Waals surface area (Å²) in [5, 5.41) is 22.6. The number of hydrogen-bond acceptors (Lipinski definition) is 7. The number of aromatic nitrogens is 5. The fourth-order valence-electron chi connectivity index (χ4n) is 2.69. The number of pyridine rings is 1.